The molecule has 0 unspecified atom stereocenters. The van der Waals surface area contributed by atoms with E-state index in [9.17, 15) is 9.59 Å². The summed E-state index contributed by atoms with van der Waals surface area (Å²) in [5.74, 6) is 1.13. The highest BCUT2D eigenvalue weighted by Crippen LogP contribution is 2.35. The van der Waals surface area contributed by atoms with Crippen molar-refractivity contribution in [2.24, 2.45) is 7.05 Å². The van der Waals surface area contributed by atoms with Crippen molar-refractivity contribution in [3.8, 4) is 0 Å². The average molecular weight is 400 g/mol. The molecule has 2 aliphatic rings. The molecular formula is C23H33N3O3. The quantitative estimate of drug-likeness (QED) is 0.679. The Morgan fingerprint density at radius 3 is 2.31 bits per heavy atom. The van der Waals surface area contributed by atoms with Gasteiger partial charge in [-0.3, -0.25) is 14.3 Å². The molecule has 6 nitrogen and oxygen atoms in total. The summed E-state index contributed by atoms with van der Waals surface area (Å²) in [5, 5.41) is 4.13. The first-order chi connectivity index (χ1) is 14.0. The van der Waals surface area contributed by atoms with Gasteiger partial charge in [0.25, 0.3) is 5.56 Å². The van der Waals surface area contributed by atoms with Gasteiger partial charge in [-0.1, -0.05) is 43.7 Å². The van der Waals surface area contributed by atoms with Crippen LogP contribution in [0.25, 0.3) is 0 Å². The summed E-state index contributed by atoms with van der Waals surface area (Å²) < 4.78 is 9.44. The van der Waals surface area contributed by atoms with E-state index < -0.39 is 0 Å². The van der Waals surface area contributed by atoms with Crippen LogP contribution in [0.1, 0.15) is 109 Å². The van der Waals surface area contributed by atoms with Gasteiger partial charge in [0, 0.05) is 36.2 Å². The maximum Gasteiger partial charge on any atom is 0.270 e. The van der Waals surface area contributed by atoms with Crippen LogP contribution in [0.15, 0.2) is 9.32 Å². The topological polar surface area (TPSA) is 70.0 Å². The second kappa shape index (κ2) is 8.33. The lowest BCUT2D eigenvalue weighted by Crippen LogP contribution is -2.29. The van der Waals surface area contributed by atoms with Crippen LogP contribution in [-0.4, -0.2) is 20.3 Å². The fourth-order valence-electron chi connectivity index (χ4n) is 5.32. The zero-order valence-corrected chi connectivity index (χ0v) is 18.0. The molecule has 2 heterocycles. The van der Waals surface area contributed by atoms with Gasteiger partial charge in [0.2, 0.25) is 0 Å². The van der Waals surface area contributed by atoms with Gasteiger partial charge < -0.3 is 4.52 Å². The first-order valence-electron chi connectivity index (χ1n) is 11.2. The Morgan fingerprint density at radius 1 is 1.03 bits per heavy atom. The van der Waals surface area contributed by atoms with E-state index in [4.69, 9.17) is 4.52 Å². The highest BCUT2D eigenvalue weighted by atomic mass is 16.5. The van der Waals surface area contributed by atoms with Gasteiger partial charge in [-0.25, -0.2) is 4.68 Å². The second-order valence-corrected chi connectivity index (χ2v) is 8.98. The lowest BCUT2D eigenvalue weighted by atomic mass is 9.86. The molecular weight excluding hydrogens is 366 g/mol. The number of rotatable bonds is 5. The molecule has 6 heteroatoms. The molecule has 2 aliphatic carbocycles. The first kappa shape index (κ1) is 20.2. The van der Waals surface area contributed by atoms with Crippen LogP contribution in [0, 0.1) is 13.8 Å². The van der Waals surface area contributed by atoms with Crippen LogP contribution in [0.5, 0.6) is 0 Å². The van der Waals surface area contributed by atoms with Gasteiger partial charge in [-0.05, 0) is 39.5 Å². The highest BCUT2D eigenvalue weighted by molar-refractivity contribution is 5.97. The fourth-order valence-corrected chi connectivity index (χ4v) is 5.32. The van der Waals surface area contributed by atoms with E-state index in [1.165, 1.54) is 25.7 Å². The van der Waals surface area contributed by atoms with E-state index in [2.05, 4.69) is 5.16 Å². The molecule has 0 aliphatic heterocycles. The maximum absolute atomic E-state index is 13.2. The molecule has 0 amide bonds. The lowest BCUT2D eigenvalue weighted by molar-refractivity contribution is 0.0983. The third kappa shape index (κ3) is 3.74. The molecule has 4 rings (SSSR count). The van der Waals surface area contributed by atoms with E-state index in [0.29, 0.717) is 17.2 Å². The zero-order valence-electron chi connectivity index (χ0n) is 18.0. The van der Waals surface area contributed by atoms with Crippen molar-refractivity contribution < 1.29 is 9.32 Å². The van der Waals surface area contributed by atoms with Crippen molar-refractivity contribution in [1.29, 1.82) is 0 Å². The van der Waals surface area contributed by atoms with Gasteiger partial charge in [-0.2, -0.15) is 0 Å². The Balaban J connectivity index is 1.57. The fraction of sp³-hybridized carbons (Fsp3) is 0.696. The molecule has 29 heavy (non-hydrogen) atoms. The summed E-state index contributed by atoms with van der Waals surface area (Å²) in [6, 6.07) is 0.246. The maximum atomic E-state index is 13.2. The summed E-state index contributed by atoms with van der Waals surface area (Å²) in [5.41, 5.74) is 2.73. The van der Waals surface area contributed by atoms with E-state index in [-0.39, 0.29) is 23.8 Å². The van der Waals surface area contributed by atoms with Crippen LogP contribution < -0.4 is 5.56 Å². The Labute approximate surface area is 172 Å². The predicted octanol–water partition coefficient (Wildman–Crippen LogP) is 4.77. The largest absolute Gasteiger partial charge is 0.360 e. The smallest absolute Gasteiger partial charge is 0.270 e. The molecule has 0 saturated heterocycles. The van der Waals surface area contributed by atoms with Gasteiger partial charge >= 0.3 is 0 Å². The molecule has 0 bridgehead atoms. The Morgan fingerprint density at radius 2 is 1.66 bits per heavy atom. The van der Waals surface area contributed by atoms with Crippen molar-refractivity contribution in [2.45, 2.75) is 96.4 Å². The minimum atomic E-state index is -0.116. The van der Waals surface area contributed by atoms with Crippen LogP contribution >= 0.6 is 0 Å². The van der Waals surface area contributed by atoms with Crippen LogP contribution in [0.3, 0.4) is 0 Å². The van der Waals surface area contributed by atoms with Crippen LogP contribution in [0.4, 0.5) is 0 Å². The Hall–Kier alpha value is -2.11. The number of aromatic nitrogens is 3. The van der Waals surface area contributed by atoms with Crippen molar-refractivity contribution >= 4 is 5.78 Å². The highest BCUT2D eigenvalue weighted by Gasteiger charge is 2.28. The number of nitrogens with zero attached hydrogens (tertiary/aromatic N) is 3. The number of carbonyl (C=O) groups is 1. The van der Waals surface area contributed by atoms with Crippen molar-refractivity contribution in [1.82, 2.24) is 14.5 Å². The normalized spacial score (nSPS) is 19.0. The third-order valence-corrected chi connectivity index (χ3v) is 7.17. The Bertz CT molecular complexity index is 937. The summed E-state index contributed by atoms with van der Waals surface area (Å²) in [6.07, 6.45) is 11.6. The number of ketones is 1. The standard InChI is InChI=1S/C23H33N3O3/c1-15-21(24-29-22(15)17-10-6-4-7-11-17)20(27)14-19-16(2)25(3)26(23(19)28)18-12-8-5-9-13-18/h17-18H,4-14H2,1-3H3. The number of Topliss-reactive ketones (excluding diaryl/α,β-unsaturated/α-hetero) is 1. The summed E-state index contributed by atoms with van der Waals surface area (Å²) in [7, 11) is 1.93. The van der Waals surface area contributed by atoms with Crippen LogP contribution in [-0.2, 0) is 13.5 Å². The third-order valence-electron chi connectivity index (χ3n) is 7.17. The molecule has 2 aromatic rings. The van der Waals surface area contributed by atoms with E-state index >= 15 is 0 Å². The number of hydrogen-bond donors (Lipinski definition) is 0. The first-order valence-corrected chi connectivity index (χ1v) is 11.2. The minimum Gasteiger partial charge on any atom is -0.360 e. The molecule has 0 radical (unpaired) electrons. The van der Waals surface area contributed by atoms with Gasteiger partial charge in [0.05, 0.1) is 6.04 Å². The molecule has 2 aromatic heterocycles. The molecule has 0 spiro atoms. The van der Waals surface area contributed by atoms with E-state index in [1.807, 2.05) is 30.3 Å². The summed E-state index contributed by atoms with van der Waals surface area (Å²) in [6.45, 7) is 3.87. The van der Waals surface area contributed by atoms with Crippen molar-refractivity contribution in [3.63, 3.8) is 0 Å². The van der Waals surface area contributed by atoms with E-state index in [1.54, 1.807) is 0 Å². The minimum absolute atomic E-state index is 0.0149. The van der Waals surface area contributed by atoms with Gasteiger partial charge in [-0.15, -0.1) is 0 Å². The number of carbonyl (C=O) groups excluding carboxylic acids is 1. The summed E-state index contributed by atoms with van der Waals surface area (Å²) in [4.78, 5) is 26.2. The van der Waals surface area contributed by atoms with Gasteiger partial charge in [0.1, 0.15) is 5.76 Å². The number of hydrogen-bond acceptors (Lipinski definition) is 4. The molecule has 2 fully saturated rings. The SMILES string of the molecule is Cc1c(C(=O)Cc2c(C)n(C)n(C3CCCCC3)c2=O)noc1C1CCCCC1. The van der Waals surface area contributed by atoms with Crippen molar-refractivity contribution in [2.75, 3.05) is 0 Å². The van der Waals surface area contributed by atoms with Crippen molar-refractivity contribution in [3.05, 3.63) is 38.6 Å². The van der Waals surface area contributed by atoms with E-state index in [0.717, 1.165) is 55.5 Å². The second-order valence-electron chi connectivity index (χ2n) is 8.98. The lowest BCUT2D eigenvalue weighted by Gasteiger charge is -2.24. The molecule has 158 valence electrons. The predicted molar refractivity (Wildman–Crippen MR) is 112 cm³/mol. The monoisotopic (exact) mass is 399 g/mol. The molecule has 0 N–H and O–H groups in total. The average Bonchev–Trinajstić information content (AvgIpc) is 3.22. The molecule has 2 saturated carbocycles. The summed E-state index contributed by atoms with van der Waals surface area (Å²) >= 11 is 0. The zero-order chi connectivity index (χ0) is 20.5. The van der Waals surface area contributed by atoms with Gasteiger partial charge in [0.15, 0.2) is 11.5 Å². The molecule has 0 aromatic carbocycles. The Kier molecular flexibility index (Phi) is 5.79. The molecule has 0 atom stereocenters. The van der Waals surface area contributed by atoms with Crippen LogP contribution in [0.2, 0.25) is 0 Å².